The van der Waals surface area contributed by atoms with Gasteiger partial charge in [-0.3, -0.25) is 9.69 Å². The molecule has 1 amide bonds. The Balaban J connectivity index is 1.20. The van der Waals surface area contributed by atoms with E-state index in [0.29, 0.717) is 11.9 Å². The number of para-hydroxylation sites is 1. The number of tetrazole rings is 1. The minimum absolute atomic E-state index is 0.116. The summed E-state index contributed by atoms with van der Waals surface area (Å²) >= 11 is 1.60. The molecule has 2 atom stereocenters. The molecule has 1 saturated heterocycles. The molecule has 4 aromatic rings. The first kappa shape index (κ1) is 30.3. The third kappa shape index (κ3) is 7.14. The van der Waals surface area contributed by atoms with Gasteiger partial charge in [0.2, 0.25) is 11.7 Å². The Labute approximate surface area is 262 Å². The van der Waals surface area contributed by atoms with Gasteiger partial charge in [0.1, 0.15) is 5.82 Å². The van der Waals surface area contributed by atoms with Crippen molar-refractivity contribution in [2.45, 2.75) is 77.0 Å². The fraction of sp³-hybridized carbons (Fsp3) is 0.500. The highest BCUT2D eigenvalue weighted by Gasteiger charge is 2.25. The average molecular weight is 616 g/mol. The van der Waals surface area contributed by atoms with Crippen LogP contribution in [-0.2, 0) is 11.3 Å². The number of hydrogen-bond donors (Lipinski definition) is 2. The van der Waals surface area contributed by atoms with Gasteiger partial charge in [-0.05, 0) is 60.7 Å². The number of piperazine rings is 1. The van der Waals surface area contributed by atoms with E-state index in [9.17, 15) is 9.90 Å². The lowest BCUT2D eigenvalue weighted by Crippen LogP contribution is -2.47. The van der Waals surface area contributed by atoms with Crippen molar-refractivity contribution >= 4 is 23.1 Å². The molecule has 1 aliphatic carbocycles. The number of nitrogens with zero attached hydrogens (tertiary/aromatic N) is 8. The number of aliphatic hydroxyl groups is 1. The Morgan fingerprint density at radius 1 is 1.05 bits per heavy atom. The van der Waals surface area contributed by atoms with Crippen LogP contribution in [0.4, 0.5) is 5.82 Å². The van der Waals surface area contributed by atoms with E-state index in [-0.39, 0.29) is 23.8 Å². The quantitative estimate of drug-likeness (QED) is 0.281. The lowest BCUT2D eigenvalue weighted by atomic mass is 9.91. The van der Waals surface area contributed by atoms with Crippen molar-refractivity contribution in [1.82, 2.24) is 40.0 Å². The number of hydrogen-bond acceptors (Lipinski definition) is 10. The summed E-state index contributed by atoms with van der Waals surface area (Å²) in [5.41, 5.74) is 3.10. The molecule has 1 aromatic carbocycles. The maximum Gasteiger partial charge on any atom is 0.219 e. The van der Waals surface area contributed by atoms with Crippen LogP contribution >= 0.6 is 11.3 Å². The third-order valence-corrected chi connectivity index (χ3v) is 10.1. The molecule has 1 unspecified atom stereocenters. The van der Waals surface area contributed by atoms with E-state index in [1.165, 1.54) is 10.4 Å². The van der Waals surface area contributed by atoms with E-state index in [1.54, 1.807) is 18.3 Å². The van der Waals surface area contributed by atoms with E-state index < -0.39 is 0 Å². The van der Waals surface area contributed by atoms with Gasteiger partial charge in [0.05, 0.1) is 21.7 Å². The summed E-state index contributed by atoms with van der Waals surface area (Å²) in [5, 5.41) is 27.8. The molecule has 4 heterocycles. The van der Waals surface area contributed by atoms with Gasteiger partial charge in [0, 0.05) is 69.4 Å². The lowest BCUT2D eigenvalue weighted by Gasteiger charge is -2.34. The van der Waals surface area contributed by atoms with Crippen LogP contribution in [0.3, 0.4) is 0 Å². The SMILES string of the molecule is CC(=O)N1CCN(Cc2cc(N[C@H]3CC[C@H](O)CC3)nc([C@H](C)C(C)c3ncc(-c4nnn(-c5ccccc5)n4)s3)c2)CC1. The average Bonchev–Trinajstić information content (AvgIpc) is 3.73. The molecule has 6 rings (SSSR count). The Kier molecular flexibility index (Phi) is 9.29. The van der Waals surface area contributed by atoms with Gasteiger partial charge >= 0.3 is 0 Å². The van der Waals surface area contributed by atoms with Gasteiger partial charge in [0.25, 0.3) is 0 Å². The molecule has 0 spiro atoms. The smallest absolute Gasteiger partial charge is 0.219 e. The molecule has 3 aromatic heterocycles. The largest absolute Gasteiger partial charge is 0.393 e. The van der Waals surface area contributed by atoms with Gasteiger partial charge in [-0.2, -0.15) is 0 Å². The standard InChI is InChI=1S/C32H41N9O2S/c1-21(22(2)32-33-19-29(44-32)31-36-38-41(37-31)26-7-5-4-6-8-26)28-17-24(20-39-13-15-40(16-14-39)23(3)42)18-30(35-28)34-25-9-11-27(43)12-10-25/h4-8,17-19,21-22,25,27,43H,9-16,20H2,1-3H3,(H,34,35)/t21-,22?,25-,27-/m1/s1. The van der Waals surface area contributed by atoms with Crippen LogP contribution in [0.2, 0.25) is 0 Å². The van der Waals surface area contributed by atoms with Crippen LogP contribution in [0.5, 0.6) is 0 Å². The number of rotatable bonds is 9. The van der Waals surface area contributed by atoms with Gasteiger partial charge in [-0.15, -0.1) is 26.3 Å². The zero-order valence-corrected chi connectivity index (χ0v) is 26.5. The lowest BCUT2D eigenvalue weighted by molar-refractivity contribution is -0.130. The summed E-state index contributed by atoms with van der Waals surface area (Å²) in [5.74, 6) is 1.83. The van der Waals surface area contributed by atoms with Crippen molar-refractivity contribution in [3.8, 4) is 16.4 Å². The Morgan fingerprint density at radius 3 is 2.52 bits per heavy atom. The summed E-state index contributed by atoms with van der Waals surface area (Å²) in [4.78, 5) is 28.5. The molecule has 1 aliphatic heterocycles. The van der Waals surface area contributed by atoms with Gasteiger partial charge in [-0.1, -0.05) is 32.0 Å². The monoisotopic (exact) mass is 615 g/mol. The van der Waals surface area contributed by atoms with Crippen LogP contribution in [0, 0.1) is 0 Å². The molecule has 1 saturated carbocycles. The van der Waals surface area contributed by atoms with Gasteiger partial charge in [-0.25, -0.2) is 9.97 Å². The van der Waals surface area contributed by atoms with Crippen molar-refractivity contribution < 1.29 is 9.90 Å². The second-order valence-electron chi connectivity index (χ2n) is 12.1. The number of aromatic nitrogens is 6. The fourth-order valence-corrected chi connectivity index (χ4v) is 6.97. The van der Waals surface area contributed by atoms with Crippen molar-refractivity contribution in [1.29, 1.82) is 0 Å². The second kappa shape index (κ2) is 13.5. The summed E-state index contributed by atoms with van der Waals surface area (Å²) in [6, 6.07) is 14.5. The highest BCUT2D eigenvalue weighted by Crippen LogP contribution is 2.37. The van der Waals surface area contributed by atoms with Crippen LogP contribution < -0.4 is 5.32 Å². The van der Waals surface area contributed by atoms with Gasteiger partial charge < -0.3 is 15.3 Å². The topological polar surface area (TPSA) is 125 Å². The van der Waals surface area contributed by atoms with Crippen molar-refractivity contribution in [2.24, 2.45) is 0 Å². The molecule has 2 fully saturated rings. The molecule has 44 heavy (non-hydrogen) atoms. The molecule has 0 bridgehead atoms. The number of amides is 1. The molecular weight excluding hydrogens is 574 g/mol. The highest BCUT2D eigenvalue weighted by atomic mass is 32.1. The normalized spacial score (nSPS) is 20.8. The molecule has 11 nitrogen and oxygen atoms in total. The van der Waals surface area contributed by atoms with E-state index in [4.69, 9.17) is 9.97 Å². The number of benzene rings is 1. The van der Waals surface area contributed by atoms with Crippen LogP contribution in [0.1, 0.15) is 74.6 Å². The maximum absolute atomic E-state index is 11.8. The van der Waals surface area contributed by atoms with Crippen LogP contribution in [-0.4, -0.2) is 89.3 Å². The first-order valence-electron chi connectivity index (χ1n) is 15.6. The van der Waals surface area contributed by atoms with E-state index in [1.807, 2.05) is 41.4 Å². The number of thiazole rings is 1. The van der Waals surface area contributed by atoms with E-state index in [0.717, 1.165) is 85.5 Å². The number of carbonyl (C=O) groups excluding carboxylic acids is 1. The summed E-state index contributed by atoms with van der Waals surface area (Å²) in [6.07, 6.45) is 5.15. The minimum Gasteiger partial charge on any atom is -0.393 e. The third-order valence-electron chi connectivity index (χ3n) is 8.93. The predicted octanol–water partition coefficient (Wildman–Crippen LogP) is 4.47. The fourth-order valence-electron chi connectivity index (χ4n) is 5.97. The summed E-state index contributed by atoms with van der Waals surface area (Å²) in [6.45, 7) is 10.1. The molecule has 2 N–H and O–H groups in total. The first-order chi connectivity index (χ1) is 21.3. The molecule has 232 valence electrons. The van der Waals surface area contributed by atoms with E-state index >= 15 is 0 Å². The Bertz CT molecular complexity index is 1540. The number of anilines is 1. The summed E-state index contributed by atoms with van der Waals surface area (Å²) in [7, 11) is 0. The summed E-state index contributed by atoms with van der Waals surface area (Å²) < 4.78 is 0. The number of aliphatic hydroxyl groups excluding tert-OH is 1. The minimum atomic E-state index is -0.196. The van der Waals surface area contributed by atoms with Crippen molar-refractivity contribution in [2.75, 3.05) is 31.5 Å². The number of carbonyl (C=O) groups is 1. The zero-order chi connectivity index (χ0) is 30.6. The predicted molar refractivity (Wildman–Crippen MR) is 171 cm³/mol. The van der Waals surface area contributed by atoms with Crippen molar-refractivity contribution in [3.05, 3.63) is 64.9 Å². The number of pyridine rings is 1. The first-order valence-corrected chi connectivity index (χ1v) is 16.4. The maximum atomic E-state index is 11.8. The van der Waals surface area contributed by atoms with Crippen LogP contribution in [0.25, 0.3) is 16.4 Å². The molecule has 2 aliphatic rings. The number of nitrogens with one attached hydrogen (secondary N) is 1. The Hall–Kier alpha value is -3.74. The zero-order valence-electron chi connectivity index (χ0n) is 25.6. The highest BCUT2D eigenvalue weighted by molar-refractivity contribution is 7.15. The Morgan fingerprint density at radius 2 is 1.80 bits per heavy atom. The van der Waals surface area contributed by atoms with Crippen LogP contribution in [0.15, 0.2) is 48.7 Å². The second-order valence-corrected chi connectivity index (χ2v) is 13.2. The molecule has 12 heteroatoms. The molecule has 0 radical (unpaired) electrons. The van der Waals surface area contributed by atoms with Gasteiger partial charge in [0.15, 0.2) is 0 Å². The van der Waals surface area contributed by atoms with E-state index in [2.05, 4.69) is 51.6 Å². The molecular formula is C32H41N9O2S. The van der Waals surface area contributed by atoms with Crippen molar-refractivity contribution in [3.63, 3.8) is 0 Å².